The average Bonchev–Trinajstić information content (AvgIpc) is 2.47. The van der Waals surface area contributed by atoms with Gasteiger partial charge in [0.1, 0.15) is 0 Å². The van der Waals surface area contributed by atoms with Crippen molar-refractivity contribution in [1.29, 1.82) is 0 Å². The van der Waals surface area contributed by atoms with Crippen LogP contribution < -0.4 is 4.74 Å². The molecule has 1 aromatic rings. The van der Waals surface area contributed by atoms with Crippen molar-refractivity contribution < 1.29 is 9.66 Å². The van der Waals surface area contributed by atoms with E-state index in [2.05, 4.69) is 12.6 Å². The quantitative estimate of drug-likeness (QED) is 0.453. The highest BCUT2D eigenvalue weighted by molar-refractivity contribution is 7.80. The van der Waals surface area contributed by atoms with Crippen LogP contribution >= 0.6 is 35.8 Å². The number of ether oxygens (including phenoxy) is 1. The van der Waals surface area contributed by atoms with E-state index in [4.69, 9.17) is 27.9 Å². The number of nitro benzene ring substituents is 1. The van der Waals surface area contributed by atoms with Crippen LogP contribution in [0.3, 0.4) is 0 Å². The second-order valence-electron chi connectivity index (χ2n) is 5.50. The first-order valence-corrected chi connectivity index (χ1v) is 8.23. The highest BCUT2D eigenvalue weighted by atomic mass is 35.5. The van der Waals surface area contributed by atoms with E-state index in [0.717, 1.165) is 18.6 Å². The molecule has 1 aromatic carbocycles. The van der Waals surface area contributed by atoms with Gasteiger partial charge in [-0.25, -0.2) is 0 Å². The standard InChI is InChI=1S/C14H17Cl2NO3S/c15-11-6-10(17(18)19)7-12(16)13(11)20-8-14(9-21)4-2-1-3-5-14/h6-7,21H,1-5,8-9H2. The van der Waals surface area contributed by atoms with Crippen LogP contribution in [0.25, 0.3) is 0 Å². The Morgan fingerprint density at radius 2 is 1.81 bits per heavy atom. The van der Waals surface area contributed by atoms with Crippen LogP contribution in [-0.4, -0.2) is 17.3 Å². The second kappa shape index (κ2) is 7.07. The topological polar surface area (TPSA) is 52.4 Å². The van der Waals surface area contributed by atoms with Crippen LogP contribution in [0, 0.1) is 15.5 Å². The average molecular weight is 350 g/mol. The minimum atomic E-state index is -0.530. The van der Waals surface area contributed by atoms with Crippen molar-refractivity contribution in [3.05, 3.63) is 32.3 Å². The summed E-state index contributed by atoms with van der Waals surface area (Å²) in [7, 11) is 0. The number of nitro groups is 1. The largest absolute Gasteiger partial charge is 0.490 e. The number of non-ortho nitro benzene ring substituents is 1. The summed E-state index contributed by atoms with van der Waals surface area (Å²) in [5.41, 5.74) is -0.102. The third kappa shape index (κ3) is 3.96. The van der Waals surface area contributed by atoms with Gasteiger partial charge in [0.15, 0.2) is 5.75 Å². The number of hydrogen-bond donors (Lipinski definition) is 1. The van der Waals surface area contributed by atoms with E-state index >= 15 is 0 Å². The van der Waals surface area contributed by atoms with Gasteiger partial charge in [0.25, 0.3) is 5.69 Å². The first-order chi connectivity index (χ1) is 9.97. The molecule has 0 unspecified atom stereocenters. The minimum absolute atomic E-state index is 0.0375. The van der Waals surface area contributed by atoms with E-state index in [1.165, 1.54) is 31.4 Å². The molecule has 0 amide bonds. The first kappa shape index (κ1) is 16.7. The smallest absolute Gasteiger partial charge is 0.272 e. The molecule has 0 atom stereocenters. The number of benzene rings is 1. The van der Waals surface area contributed by atoms with Crippen LogP contribution in [0.1, 0.15) is 32.1 Å². The molecule has 7 heteroatoms. The number of nitrogens with zero attached hydrogens (tertiary/aromatic N) is 1. The van der Waals surface area contributed by atoms with Crippen molar-refractivity contribution in [1.82, 2.24) is 0 Å². The Morgan fingerprint density at radius 3 is 2.29 bits per heavy atom. The Morgan fingerprint density at radius 1 is 1.24 bits per heavy atom. The van der Waals surface area contributed by atoms with E-state index < -0.39 is 4.92 Å². The van der Waals surface area contributed by atoms with Crippen molar-refractivity contribution in [3.8, 4) is 5.75 Å². The van der Waals surface area contributed by atoms with Gasteiger partial charge in [-0.2, -0.15) is 12.6 Å². The summed E-state index contributed by atoms with van der Waals surface area (Å²) in [6.45, 7) is 0.480. The lowest BCUT2D eigenvalue weighted by Crippen LogP contribution is -2.33. The molecule has 4 nitrogen and oxygen atoms in total. The predicted octanol–water partition coefficient (Wildman–Crippen LogP) is 5.16. The lowest BCUT2D eigenvalue weighted by molar-refractivity contribution is -0.384. The fraction of sp³-hybridized carbons (Fsp3) is 0.571. The highest BCUT2D eigenvalue weighted by Gasteiger charge is 2.32. The van der Waals surface area contributed by atoms with Gasteiger partial charge in [0, 0.05) is 17.5 Å². The molecule has 1 aliphatic rings. The molecule has 0 radical (unpaired) electrons. The molecule has 2 rings (SSSR count). The monoisotopic (exact) mass is 349 g/mol. The number of rotatable bonds is 5. The Labute approximate surface area is 139 Å². The lowest BCUT2D eigenvalue weighted by atomic mass is 9.76. The fourth-order valence-corrected chi connectivity index (χ4v) is 3.66. The van der Waals surface area contributed by atoms with E-state index in [-0.39, 0.29) is 21.1 Å². The van der Waals surface area contributed by atoms with Crippen LogP contribution in [0.2, 0.25) is 10.0 Å². The molecule has 0 aromatic heterocycles. The molecular weight excluding hydrogens is 333 g/mol. The zero-order valence-corrected chi connectivity index (χ0v) is 13.9. The Balaban J connectivity index is 2.14. The van der Waals surface area contributed by atoms with Crippen LogP contribution in [0.4, 0.5) is 5.69 Å². The van der Waals surface area contributed by atoms with Crippen molar-refractivity contribution in [3.63, 3.8) is 0 Å². The molecule has 116 valence electrons. The number of hydrogen-bond acceptors (Lipinski definition) is 4. The molecular formula is C14H17Cl2NO3S. The summed E-state index contributed by atoms with van der Waals surface area (Å²) in [6, 6.07) is 2.52. The maximum atomic E-state index is 10.8. The summed E-state index contributed by atoms with van der Waals surface area (Å²) in [5.74, 6) is 1.06. The molecule has 0 aliphatic heterocycles. The Bertz CT molecular complexity index is 510. The van der Waals surface area contributed by atoms with E-state index in [1.54, 1.807) is 0 Å². The summed E-state index contributed by atoms with van der Waals surface area (Å²) >= 11 is 16.6. The molecule has 0 bridgehead atoms. The van der Waals surface area contributed by atoms with Gasteiger partial charge in [-0.1, -0.05) is 42.5 Å². The number of thiol groups is 1. The summed E-state index contributed by atoms with van der Waals surface area (Å²) in [4.78, 5) is 10.2. The molecule has 1 aliphatic carbocycles. The SMILES string of the molecule is O=[N+]([O-])c1cc(Cl)c(OCC2(CS)CCCCC2)c(Cl)c1. The lowest BCUT2D eigenvalue weighted by Gasteiger charge is -2.35. The van der Waals surface area contributed by atoms with Gasteiger partial charge in [0.2, 0.25) is 0 Å². The second-order valence-corrected chi connectivity index (χ2v) is 6.63. The minimum Gasteiger partial charge on any atom is -0.490 e. The van der Waals surface area contributed by atoms with Gasteiger partial charge in [-0.05, 0) is 18.6 Å². The molecule has 0 heterocycles. The maximum absolute atomic E-state index is 10.8. The fourth-order valence-electron chi connectivity index (χ4n) is 2.66. The van der Waals surface area contributed by atoms with Gasteiger partial charge in [-0.3, -0.25) is 10.1 Å². The highest BCUT2D eigenvalue weighted by Crippen LogP contribution is 2.41. The van der Waals surface area contributed by atoms with E-state index in [9.17, 15) is 10.1 Å². The third-order valence-electron chi connectivity index (χ3n) is 3.97. The van der Waals surface area contributed by atoms with Crippen LogP contribution in [-0.2, 0) is 0 Å². The molecule has 1 saturated carbocycles. The van der Waals surface area contributed by atoms with E-state index in [0.29, 0.717) is 12.4 Å². The summed E-state index contributed by atoms with van der Waals surface area (Å²) < 4.78 is 5.80. The maximum Gasteiger partial charge on any atom is 0.272 e. The number of halogens is 2. The first-order valence-electron chi connectivity index (χ1n) is 6.84. The van der Waals surface area contributed by atoms with Crippen molar-refractivity contribution in [2.45, 2.75) is 32.1 Å². The third-order valence-corrected chi connectivity index (χ3v) is 5.20. The Hall–Kier alpha value is -0.650. The van der Waals surface area contributed by atoms with Gasteiger partial charge in [0.05, 0.1) is 21.6 Å². The zero-order valence-electron chi connectivity index (χ0n) is 11.5. The summed E-state index contributed by atoms with van der Waals surface area (Å²) in [5, 5.41) is 11.1. The normalized spacial score (nSPS) is 17.5. The van der Waals surface area contributed by atoms with Gasteiger partial charge in [-0.15, -0.1) is 0 Å². The van der Waals surface area contributed by atoms with Crippen molar-refractivity contribution in [2.75, 3.05) is 12.4 Å². The van der Waals surface area contributed by atoms with Crippen LogP contribution in [0.5, 0.6) is 5.75 Å². The molecule has 1 fully saturated rings. The van der Waals surface area contributed by atoms with Crippen molar-refractivity contribution >= 4 is 41.5 Å². The molecule has 21 heavy (non-hydrogen) atoms. The predicted molar refractivity (Wildman–Crippen MR) is 88.0 cm³/mol. The van der Waals surface area contributed by atoms with Gasteiger partial charge < -0.3 is 4.74 Å². The van der Waals surface area contributed by atoms with Crippen molar-refractivity contribution in [2.24, 2.45) is 5.41 Å². The summed E-state index contributed by atoms with van der Waals surface area (Å²) in [6.07, 6.45) is 5.73. The molecule has 0 saturated heterocycles. The molecule has 0 N–H and O–H groups in total. The Kier molecular flexibility index (Phi) is 5.63. The zero-order chi connectivity index (χ0) is 15.5. The van der Waals surface area contributed by atoms with Crippen LogP contribution in [0.15, 0.2) is 12.1 Å². The van der Waals surface area contributed by atoms with Gasteiger partial charge >= 0.3 is 0 Å². The van der Waals surface area contributed by atoms with E-state index in [1.807, 2.05) is 0 Å². The molecule has 0 spiro atoms.